The van der Waals surface area contributed by atoms with E-state index < -0.39 is 27.1 Å². The number of fused-ring (bicyclic) bond motifs is 1. The second-order valence-corrected chi connectivity index (χ2v) is 9.76. The molecule has 7 nitrogen and oxygen atoms in total. The molecule has 2 atom stereocenters. The van der Waals surface area contributed by atoms with E-state index in [1.807, 2.05) is 24.3 Å². The number of nitrogens with one attached hydrogen (secondary N) is 1. The van der Waals surface area contributed by atoms with Crippen LogP contribution in [0.4, 0.5) is 5.69 Å². The molecule has 2 N–H and O–H groups in total. The Hall–Kier alpha value is -2.72. The summed E-state index contributed by atoms with van der Waals surface area (Å²) >= 11 is 1.31. The van der Waals surface area contributed by atoms with Crippen LogP contribution in [0, 0.1) is 10.1 Å². The van der Waals surface area contributed by atoms with Crippen molar-refractivity contribution in [3.8, 4) is 0 Å². The SMILES string of the molecule is O=[N+]([O-])c1ccc(Sc2cccc(S(=O)(=O)NC3c4ccccc4CC3O)c2)cc1. The van der Waals surface area contributed by atoms with Crippen molar-refractivity contribution >= 4 is 27.5 Å². The predicted molar refractivity (Wildman–Crippen MR) is 113 cm³/mol. The lowest BCUT2D eigenvalue weighted by Gasteiger charge is -2.18. The molecule has 3 aromatic rings. The Bertz CT molecular complexity index is 1200. The highest BCUT2D eigenvalue weighted by Gasteiger charge is 2.34. The van der Waals surface area contributed by atoms with E-state index in [9.17, 15) is 23.6 Å². The number of rotatable bonds is 6. The molecule has 0 saturated carbocycles. The number of aliphatic hydroxyl groups excluding tert-OH is 1. The Morgan fingerprint density at radius 3 is 2.47 bits per heavy atom. The average molecular weight is 443 g/mol. The number of aliphatic hydroxyl groups is 1. The van der Waals surface area contributed by atoms with Crippen molar-refractivity contribution in [2.24, 2.45) is 0 Å². The van der Waals surface area contributed by atoms with Gasteiger partial charge in [0.2, 0.25) is 10.0 Å². The number of sulfonamides is 1. The number of nitrogens with zero attached hydrogens (tertiary/aromatic N) is 1. The van der Waals surface area contributed by atoms with Crippen LogP contribution < -0.4 is 4.72 Å². The van der Waals surface area contributed by atoms with Crippen LogP contribution in [0.2, 0.25) is 0 Å². The maximum absolute atomic E-state index is 13.0. The zero-order valence-corrected chi connectivity index (χ0v) is 17.3. The Balaban J connectivity index is 1.55. The van der Waals surface area contributed by atoms with E-state index in [1.165, 1.54) is 30.0 Å². The summed E-state index contributed by atoms with van der Waals surface area (Å²) in [6.07, 6.45) is -0.422. The van der Waals surface area contributed by atoms with Gasteiger partial charge in [0, 0.05) is 28.3 Å². The van der Waals surface area contributed by atoms with Crippen LogP contribution in [-0.4, -0.2) is 24.6 Å². The molecule has 0 spiro atoms. The molecule has 1 aliphatic carbocycles. The van der Waals surface area contributed by atoms with Crippen molar-refractivity contribution in [3.05, 3.63) is 94.0 Å². The minimum Gasteiger partial charge on any atom is -0.391 e. The molecule has 4 rings (SSSR count). The summed E-state index contributed by atoms with van der Waals surface area (Å²) in [6.45, 7) is 0. The molecule has 30 heavy (non-hydrogen) atoms. The first-order valence-electron chi connectivity index (χ1n) is 9.14. The first-order valence-corrected chi connectivity index (χ1v) is 11.4. The highest BCUT2D eigenvalue weighted by atomic mass is 32.2. The number of nitro benzene ring substituents is 1. The van der Waals surface area contributed by atoms with Crippen LogP contribution in [-0.2, 0) is 16.4 Å². The van der Waals surface area contributed by atoms with E-state index in [-0.39, 0.29) is 10.6 Å². The fourth-order valence-corrected chi connectivity index (χ4v) is 5.67. The van der Waals surface area contributed by atoms with Crippen molar-refractivity contribution in [1.82, 2.24) is 4.72 Å². The van der Waals surface area contributed by atoms with Gasteiger partial charge in [-0.1, -0.05) is 42.1 Å². The monoisotopic (exact) mass is 442 g/mol. The lowest BCUT2D eigenvalue weighted by molar-refractivity contribution is -0.384. The lowest BCUT2D eigenvalue weighted by atomic mass is 10.1. The van der Waals surface area contributed by atoms with Crippen molar-refractivity contribution in [2.75, 3.05) is 0 Å². The minimum absolute atomic E-state index is 0.00437. The molecular formula is C21H18N2O5S2. The Morgan fingerprint density at radius 2 is 1.73 bits per heavy atom. The maximum atomic E-state index is 13.0. The average Bonchev–Trinajstić information content (AvgIpc) is 3.03. The summed E-state index contributed by atoms with van der Waals surface area (Å²) in [5.41, 5.74) is 1.71. The van der Waals surface area contributed by atoms with Gasteiger partial charge in [0.25, 0.3) is 5.69 Å². The molecule has 0 heterocycles. The molecule has 0 aliphatic heterocycles. The van der Waals surface area contributed by atoms with Crippen molar-refractivity contribution in [2.45, 2.75) is 33.3 Å². The molecule has 0 bridgehead atoms. The van der Waals surface area contributed by atoms with Crippen molar-refractivity contribution in [1.29, 1.82) is 0 Å². The summed E-state index contributed by atoms with van der Waals surface area (Å²) < 4.78 is 28.5. The lowest BCUT2D eigenvalue weighted by Crippen LogP contribution is -2.33. The molecule has 0 radical (unpaired) electrons. The van der Waals surface area contributed by atoms with E-state index in [2.05, 4.69) is 4.72 Å². The molecule has 0 aromatic heterocycles. The molecule has 154 valence electrons. The van der Waals surface area contributed by atoms with E-state index in [1.54, 1.807) is 30.3 Å². The first-order chi connectivity index (χ1) is 14.3. The second kappa shape index (κ2) is 8.19. The quantitative estimate of drug-likeness (QED) is 0.445. The van der Waals surface area contributed by atoms with Gasteiger partial charge in [0.05, 0.1) is 22.0 Å². The number of hydrogen-bond donors (Lipinski definition) is 2. The highest BCUT2D eigenvalue weighted by Crippen LogP contribution is 2.34. The predicted octanol–water partition coefficient (Wildman–Crippen LogP) is 3.68. The summed E-state index contributed by atoms with van der Waals surface area (Å²) in [5, 5.41) is 21.1. The second-order valence-electron chi connectivity index (χ2n) is 6.90. The molecule has 0 amide bonds. The fraction of sp³-hybridized carbons (Fsp3) is 0.143. The van der Waals surface area contributed by atoms with E-state index in [0.29, 0.717) is 11.3 Å². The summed E-state index contributed by atoms with van der Waals surface area (Å²) in [4.78, 5) is 11.8. The van der Waals surface area contributed by atoms with Crippen LogP contribution in [0.1, 0.15) is 17.2 Å². The molecule has 1 aliphatic rings. The van der Waals surface area contributed by atoms with Gasteiger partial charge in [-0.2, -0.15) is 0 Å². The van der Waals surface area contributed by atoms with Gasteiger partial charge in [-0.25, -0.2) is 13.1 Å². The molecule has 3 aromatic carbocycles. The standard InChI is InChI=1S/C21H18N2O5S2/c24-20-12-14-4-1-2-7-19(14)21(20)22-30(27,28)18-6-3-5-17(13-18)29-16-10-8-15(9-11-16)23(25)26/h1-11,13,20-22,24H,12H2. The van der Waals surface area contributed by atoms with Crippen LogP contribution in [0.5, 0.6) is 0 Å². The molecular weight excluding hydrogens is 424 g/mol. The fourth-order valence-electron chi connectivity index (χ4n) is 3.43. The third kappa shape index (κ3) is 4.24. The van der Waals surface area contributed by atoms with Crippen molar-refractivity contribution < 1.29 is 18.4 Å². The van der Waals surface area contributed by atoms with Gasteiger partial charge < -0.3 is 5.11 Å². The Kier molecular flexibility index (Phi) is 5.61. The largest absolute Gasteiger partial charge is 0.391 e. The third-order valence-corrected chi connectivity index (χ3v) is 7.32. The van der Waals surface area contributed by atoms with Gasteiger partial charge in [-0.15, -0.1) is 0 Å². The van der Waals surface area contributed by atoms with Gasteiger partial charge in [0.1, 0.15) is 0 Å². The van der Waals surface area contributed by atoms with E-state index in [4.69, 9.17) is 0 Å². The molecule has 0 saturated heterocycles. The topological polar surface area (TPSA) is 110 Å². The molecule has 9 heteroatoms. The van der Waals surface area contributed by atoms with Gasteiger partial charge >= 0.3 is 0 Å². The van der Waals surface area contributed by atoms with Crippen LogP contribution in [0.25, 0.3) is 0 Å². The first kappa shape index (κ1) is 20.5. The number of benzene rings is 3. The minimum atomic E-state index is -3.86. The van der Waals surface area contributed by atoms with Crippen molar-refractivity contribution in [3.63, 3.8) is 0 Å². The Morgan fingerprint density at radius 1 is 1.00 bits per heavy atom. The van der Waals surface area contributed by atoms with E-state index in [0.717, 1.165) is 16.0 Å². The molecule has 0 fully saturated rings. The zero-order chi connectivity index (χ0) is 21.3. The number of nitro groups is 1. The van der Waals surface area contributed by atoms with Crippen LogP contribution >= 0.6 is 11.8 Å². The summed E-state index contributed by atoms with van der Waals surface area (Å²) in [6, 6.07) is 19.2. The van der Waals surface area contributed by atoms with Crippen LogP contribution in [0.15, 0.2) is 87.5 Å². The van der Waals surface area contributed by atoms with E-state index >= 15 is 0 Å². The number of hydrogen-bond acceptors (Lipinski definition) is 6. The van der Waals surface area contributed by atoms with Gasteiger partial charge in [0.15, 0.2) is 0 Å². The van der Waals surface area contributed by atoms with Crippen LogP contribution in [0.3, 0.4) is 0 Å². The van der Waals surface area contributed by atoms with Gasteiger partial charge in [-0.05, 0) is 41.5 Å². The van der Waals surface area contributed by atoms with Gasteiger partial charge in [-0.3, -0.25) is 10.1 Å². The normalized spacial score (nSPS) is 18.2. The summed E-state index contributed by atoms with van der Waals surface area (Å²) in [5.74, 6) is 0. The maximum Gasteiger partial charge on any atom is 0.269 e. The summed E-state index contributed by atoms with van der Waals surface area (Å²) in [7, 11) is -3.86. The third-order valence-electron chi connectivity index (χ3n) is 4.89. The smallest absolute Gasteiger partial charge is 0.269 e. The molecule has 2 unspecified atom stereocenters. The number of non-ortho nitro benzene ring substituents is 1. The Labute approximate surface area is 178 Å². The highest BCUT2D eigenvalue weighted by molar-refractivity contribution is 7.99. The zero-order valence-electron chi connectivity index (χ0n) is 15.6.